The van der Waals surface area contributed by atoms with Crippen LogP contribution in [0.3, 0.4) is 0 Å². The summed E-state index contributed by atoms with van der Waals surface area (Å²) in [5.74, 6) is -0.205. The number of aryl methyl sites for hydroxylation is 1. The van der Waals surface area contributed by atoms with Gasteiger partial charge >= 0.3 is 17.8 Å². The number of ether oxygens (including phenoxy) is 3. The zero-order chi connectivity index (χ0) is 32.2. The molecule has 0 bridgehead atoms. The molecule has 11 heteroatoms. The second-order valence-corrected chi connectivity index (χ2v) is 10.5. The first-order valence-corrected chi connectivity index (χ1v) is 14.0. The molecule has 2 heterocycles. The molecule has 0 aliphatic carbocycles. The van der Waals surface area contributed by atoms with Crippen molar-refractivity contribution in [3.63, 3.8) is 0 Å². The number of hydrogen-bond donors (Lipinski definition) is 0. The molecule has 45 heavy (non-hydrogen) atoms. The second-order valence-electron chi connectivity index (χ2n) is 10.5. The first kappa shape index (κ1) is 31.7. The van der Waals surface area contributed by atoms with Gasteiger partial charge in [0, 0.05) is 18.2 Å². The Bertz CT molecular complexity index is 1700. The molecule has 0 unspecified atom stereocenters. The van der Waals surface area contributed by atoms with Gasteiger partial charge in [0.05, 0.1) is 12.7 Å². The van der Waals surface area contributed by atoms with Crippen LogP contribution in [0.25, 0.3) is 0 Å². The second kappa shape index (κ2) is 13.1. The van der Waals surface area contributed by atoms with E-state index < -0.39 is 51.9 Å². The summed E-state index contributed by atoms with van der Waals surface area (Å²) in [7, 11) is 0. The van der Waals surface area contributed by atoms with Crippen molar-refractivity contribution in [3.8, 4) is 12.3 Å². The van der Waals surface area contributed by atoms with Crippen LogP contribution in [-0.4, -0.2) is 46.6 Å². The quantitative estimate of drug-likeness (QED) is 0.197. The molecule has 8 nitrogen and oxygen atoms in total. The van der Waals surface area contributed by atoms with E-state index in [1.807, 2.05) is 91.0 Å². The van der Waals surface area contributed by atoms with Crippen molar-refractivity contribution in [1.82, 2.24) is 9.13 Å². The molecule has 0 saturated carbocycles. The summed E-state index contributed by atoms with van der Waals surface area (Å²) in [4.78, 5) is 37.6. The first-order chi connectivity index (χ1) is 21.6. The molecule has 1 aromatic heterocycles. The summed E-state index contributed by atoms with van der Waals surface area (Å²) in [5.41, 5.74) is -1.76. The molecule has 1 fully saturated rings. The summed E-state index contributed by atoms with van der Waals surface area (Å²) in [6, 6.07) is 28.7. The number of terminal acetylenes is 1. The van der Waals surface area contributed by atoms with Crippen molar-refractivity contribution < 1.29 is 32.2 Å². The molecular weight excluding hydrogens is 589 g/mol. The number of hydrogen-bond acceptors (Lipinski definition) is 6. The molecule has 4 aromatic rings. The third-order valence-corrected chi connectivity index (χ3v) is 7.61. The fourth-order valence-corrected chi connectivity index (χ4v) is 5.54. The largest absolute Gasteiger partial charge is 0.472 e. The van der Waals surface area contributed by atoms with Gasteiger partial charge in [-0.05, 0) is 23.6 Å². The Morgan fingerprint density at radius 1 is 0.933 bits per heavy atom. The molecule has 232 valence electrons. The van der Waals surface area contributed by atoms with Crippen LogP contribution in [0, 0.1) is 19.3 Å². The minimum Gasteiger partial charge on any atom is -0.363 e. The molecule has 3 atom stereocenters. The summed E-state index contributed by atoms with van der Waals surface area (Å²) in [5, 5.41) is 0. The van der Waals surface area contributed by atoms with E-state index in [4.69, 9.17) is 20.6 Å². The highest BCUT2D eigenvalue weighted by Crippen LogP contribution is 2.41. The van der Waals surface area contributed by atoms with E-state index in [0.29, 0.717) is 0 Å². The predicted molar refractivity (Wildman–Crippen MR) is 159 cm³/mol. The standard InChI is InChI=1S/C34H29F3N2O6/c1-3-19-43-27-20-29(38-21-23(2)30(40)39(32(38)42)31(41)34(35,36)37)45-28(27)22-44-33(24-13-7-4-8-14-24,25-15-9-5-10-16-25)26-17-11-6-12-18-26/h1,4-18,21,27-29H,19-20,22H2,2H3/t27-,28+,29+/m0/s1. The zero-order valence-electron chi connectivity index (χ0n) is 24.1. The molecule has 0 radical (unpaired) electrons. The maximum atomic E-state index is 13.3. The highest BCUT2D eigenvalue weighted by Gasteiger charge is 2.45. The highest BCUT2D eigenvalue weighted by atomic mass is 19.4. The minimum absolute atomic E-state index is 0.0253. The number of nitrogens with zero attached hydrogens (tertiary/aromatic N) is 2. The van der Waals surface area contributed by atoms with Gasteiger partial charge in [0.1, 0.15) is 24.5 Å². The van der Waals surface area contributed by atoms with E-state index in [2.05, 4.69) is 5.92 Å². The minimum atomic E-state index is -5.45. The number of aromatic nitrogens is 2. The van der Waals surface area contributed by atoms with Crippen LogP contribution in [0.4, 0.5) is 13.2 Å². The lowest BCUT2D eigenvalue weighted by molar-refractivity contribution is -0.103. The van der Waals surface area contributed by atoms with Gasteiger partial charge < -0.3 is 14.2 Å². The van der Waals surface area contributed by atoms with Crippen LogP contribution < -0.4 is 11.2 Å². The lowest BCUT2D eigenvalue weighted by Gasteiger charge is -2.37. The van der Waals surface area contributed by atoms with Gasteiger partial charge in [-0.15, -0.1) is 6.42 Å². The Balaban J connectivity index is 1.55. The molecule has 0 N–H and O–H groups in total. The number of carbonyl (C=O) groups excluding carboxylic acids is 1. The van der Waals surface area contributed by atoms with Gasteiger partial charge in [-0.3, -0.25) is 14.2 Å². The predicted octanol–water partition coefficient (Wildman–Crippen LogP) is 4.84. The van der Waals surface area contributed by atoms with Crippen molar-refractivity contribution in [2.75, 3.05) is 13.2 Å². The number of carbonyl (C=O) groups is 1. The average Bonchev–Trinajstić information content (AvgIpc) is 3.45. The van der Waals surface area contributed by atoms with Crippen molar-refractivity contribution in [3.05, 3.63) is 140 Å². The van der Waals surface area contributed by atoms with Crippen LogP contribution in [0.5, 0.6) is 0 Å². The summed E-state index contributed by atoms with van der Waals surface area (Å²) < 4.78 is 59.1. The van der Waals surface area contributed by atoms with Crippen molar-refractivity contribution in [2.45, 2.75) is 43.6 Å². The maximum Gasteiger partial charge on any atom is 0.472 e. The SMILES string of the molecule is C#CCO[C@H]1C[C@H](n2cc(C)c(=O)n(C(=O)C(F)(F)F)c2=O)O[C@@H]1COC(c1ccccc1)(c1ccccc1)c1ccccc1. The Morgan fingerprint density at radius 2 is 1.44 bits per heavy atom. The van der Waals surface area contributed by atoms with Gasteiger partial charge in [-0.2, -0.15) is 17.7 Å². The van der Waals surface area contributed by atoms with E-state index in [1.54, 1.807) is 0 Å². The molecule has 1 aliphatic rings. The highest BCUT2D eigenvalue weighted by molar-refractivity contribution is 5.84. The normalized spacial score (nSPS) is 18.4. The summed E-state index contributed by atoms with van der Waals surface area (Å²) in [6.07, 6.45) is -1.77. The molecule has 3 aromatic carbocycles. The Morgan fingerprint density at radius 3 is 1.91 bits per heavy atom. The molecule has 0 spiro atoms. The summed E-state index contributed by atoms with van der Waals surface area (Å²) >= 11 is 0. The summed E-state index contributed by atoms with van der Waals surface area (Å²) in [6.45, 7) is 0.992. The first-order valence-electron chi connectivity index (χ1n) is 14.0. The molecule has 0 amide bonds. The van der Waals surface area contributed by atoms with Crippen molar-refractivity contribution in [1.29, 1.82) is 0 Å². The van der Waals surface area contributed by atoms with Crippen LogP contribution in [-0.2, 0) is 19.8 Å². The van der Waals surface area contributed by atoms with Crippen LogP contribution in [0.15, 0.2) is 107 Å². The monoisotopic (exact) mass is 618 g/mol. The fourth-order valence-electron chi connectivity index (χ4n) is 5.54. The van der Waals surface area contributed by atoms with Crippen molar-refractivity contribution in [2.24, 2.45) is 0 Å². The Hall–Kier alpha value is -4.76. The Kier molecular flexibility index (Phi) is 9.20. The number of rotatable bonds is 9. The van der Waals surface area contributed by atoms with Gasteiger partial charge in [0.2, 0.25) is 0 Å². The smallest absolute Gasteiger partial charge is 0.363 e. The fraction of sp³-hybridized carbons (Fsp3) is 0.265. The third kappa shape index (κ3) is 6.26. The molecule has 1 aliphatic heterocycles. The number of alkyl halides is 3. The number of benzene rings is 3. The molecule has 1 saturated heterocycles. The van der Waals surface area contributed by atoms with Crippen LogP contribution >= 0.6 is 0 Å². The van der Waals surface area contributed by atoms with Gasteiger partial charge in [0.15, 0.2) is 0 Å². The lowest BCUT2D eigenvalue weighted by atomic mass is 9.80. The van der Waals surface area contributed by atoms with E-state index in [0.717, 1.165) is 27.5 Å². The maximum absolute atomic E-state index is 13.3. The Labute approximate surface area is 256 Å². The van der Waals surface area contributed by atoms with E-state index in [9.17, 15) is 27.6 Å². The topological polar surface area (TPSA) is 88.8 Å². The van der Waals surface area contributed by atoms with E-state index in [1.165, 1.54) is 6.92 Å². The molecular formula is C34H29F3N2O6. The molecule has 5 rings (SSSR count). The lowest BCUT2D eigenvalue weighted by Crippen LogP contribution is -2.49. The third-order valence-electron chi connectivity index (χ3n) is 7.61. The van der Waals surface area contributed by atoms with E-state index >= 15 is 0 Å². The van der Waals surface area contributed by atoms with E-state index in [-0.39, 0.29) is 25.2 Å². The van der Waals surface area contributed by atoms with Gasteiger partial charge in [-0.25, -0.2) is 4.79 Å². The zero-order valence-corrected chi connectivity index (χ0v) is 24.1. The average molecular weight is 619 g/mol. The van der Waals surface area contributed by atoms with Gasteiger partial charge in [-0.1, -0.05) is 96.9 Å². The van der Waals surface area contributed by atoms with Crippen LogP contribution in [0.1, 0.15) is 39.7 Å². The van der Waals surface area contributed by atoms with Crippen molar-refractivity contribution >= 4 is 5.91 Å². The van der Waals surface area contributed by atoms with Crippen LogP contribution in [0.2, 0.25) is 0 Å². The van der Waals surface area contributed by atoms with Gasteiger partial charge in [0.25, 0.3) is 5.56 Å². The number of halogens is 3.